The largest absolute Gasteiger partial charge is 0.486 e. The van der Waals surface area contributed by atoms with Gasteiger partial charge in [0, 0.05) is 36.8 Å². The number of hydrogen-bond acceptors (Lipinski definition) is 6. The highest BCUT2D eigenvalue weighted by molar-refractivity contribution is 6.34. The van der Waals surface area contributed by atoms with Crippen molar-refractivity contribution in [3.63, 3.8) is 0 Å². The summed E-state index contributed by atoms with van der Waals surface area (Å²) in [5.74, 6) is 1.17. The minimum absolute atomic E-state index is 0.0635. The fourth-order valence-electron chi connectivity index (χ4n) is 3.64. The van der Waals surface area contributed by atoms with Crippen molar-refractivity contribution in [1.29, 1.82) is 0 Å². The molecule has 0 atom stereocenters. The average molecular weight is 434 g/mol. The molecule has 3 heterocycles. The number of aryl methyl sites for hydroxylation is 1. The maximum absolute atomic E-state index is 12.5. The van der Waals surface area contributed by atoms with E-state index in [9.17, 15) is 9.59 Å². The number of carbonyl (C=O) groups is 2. The van der Waals surface area contributed by atoms with Crippen LogP contribution in [0.1, 0.15) is 29.0 Å². The van der Waals surface area contributed by atoms with Crippen LogP contribution in [0.25, 0.3) is 0 Å². The third-order valence-electron chi connectivity index (χ3n) is 5.26. The first-order valence-corrected chi connectivity index (χ1v) is 10.3. The number of amides is 2. The Morgan fingerprint density at radius 2 is 1.87 bits per heavy atom. The van der Waals surface area contributed by atoms with Crippen LogP contribution in [0.5, 0.6) is 11.5 Å². The van der Waals surface area contributed by atoms with Gasteiger partial charge < -0.3 is 24.5 Å². The van der Waals surface area contributed by atoms with Crippen molar-refractivity contribution in [2.75, 3.05) is 38.2 Å². The van der Waals surface area contributed by atoms with E-state index >= 15 is 0 Å². The lowest BCUT2D eigenvalue weighted by Crippen LogP contribution is -2.46. The van der Waals surface area contributed by atoms with Crippen molar-refractivity contribution in [2.45, 2.75) is 25.8 Å². The first-order chi connectivity index (χ1) is 14.5. The van der Waals surface area contributed by atoms with E-state index in [2.05, 4.69) is 15.5 Å². The molecule has 0 radical (unpaired) electrons. The van der Waals surface area contributed by atoms with Crippen LogP contribution < -0.4 is 20.1 Å². The number of halogens is 1. The first-order valence-electron chi connectivity index (χ1n) is 9.96. The molecule has 8 nitrogen and oxygen atoms in total. The van der Waals surface area contributed by atoms with Crippen molar-refractivity contribution in [3.8, 4) is 11.5 Å². The number of piperidine rings is 1. The number of ether oxygens (including phenoxy) is 2. The summed E-state index contributed by atoms with van der Waals surface area (Å²) in [5.41, 5.74) is 1.32. The van der Waals surface area contributed by atoms with Crippen LogP contribution in [-0.4, -0.2) is 55.6 Å². The zero-order valence-corrected chi connectivity index (χ0v) is 17.5. The number of rotatable bonds is 5. The van der Waals surface area contributed by atoms with Crippen molar-refractivity contribution >= 4 is 29.1 Å². The topological polar surface area (TPSA) is 93.0 Å². The second kappa shape index (κ2) is 8.97. The third-order valence-corrected chi connectivity index (χ3v) is 5.58. The van der Waals surface area contributed by atoms with Gasteiger partial charge >= 0.3 is 0 Å². The van der Waals surface area contributed by atoms with Gasteiger partial charge in [-0.1, -0.05) is 11.6 Å². The molecule has 0 unspecified atom stereocenters. The molecular weight excluding hydrogens is 410 g/mol. The second-order valence-corrected chi connectivity index (χ2v) is 7.89. The van der Waals surface area contributed by atoms with Crippen molar-refractivity contribution in [1.82, 2.24) is 10.2 Å². The van der Waals surface area contributed by atoms with Gasteiger partial charge in [0.15, 0.2) is 17.3 Å². The van der Waals surface area contributed by atoms with Gasteiger partial charge in [-0.15, -0.1) is 0 Å². The van der Waals surface area contributed by atoms with Crippen molar-refractivity contribution < 1.29 is 23.5 Å². The predicted molar refractivity (Wildman–Crippen MR) is 111 cm³/mol. The van der Waals surface area contributed by atoms with Gasteiger partial charge in [-0.05, 0) is 25.8 Å². The fourth-order valence-corrected chi connectivity index (χ4v) is 3.85. The molecule has 160 valence electrons. The monoisotopic (exact) mass is 433 g/mol. The number of nitrogens with zero attached hydrogens (tertiary/aromatic N) is 1. The van der Waals surface area contributed by atoms with Gasteiger partial charge in [0.25, 0.3) is 5.91 Å². The zero-order valence-electron chi connectivity index (χ0n) is 16.7. The van der Waals surface area contributed by atoms with Crippen LogP contribution in [0.4, 0.5) is 5.69 Å². The zero-order chi connectivity index (χ0) is 21.1. The molecule has 0 spiro atoms. The Morgan fingerprint density at radius 3 is 2.53 bits per heavy atom. The lowest BCUT2D eigenvalue weighted by molar-refractivity contribution is -0.117. The predicted octanol–water partition coefficient (Wildman–Crippen LogP) is 2.85. The van der Waals surface area contributed by atoms with E-state index in [0.717, 1.165) is 18.4 Å². The molecule has 2 aromatic rings. The standard InChI is InChI=1S/C21H24ClN3O5/c1-13-4-7-30-20(13)21(27)23-14-2-5-25(6-3-14)12-19(26)24-16-11-18-17(10-15(16)22)28-8-9-29-18/h4,7,10-11,14H,2-3,5-6,8-9,12H2,1H3,(H,23,27)(H,24,26). The summed E-state index contributed by atoms with van der Waals surface area (Å²) in [5, 5.41) is 6.26. The average Bonchev–Trinajstić information content (AvgIpc) is 3.16. The highest BCUT2D eigenvalue weighted by Gasteiger charge is 2.24. The number of fused-ring (bicyclic) bond motifs is 1. The first kappa shape index (κ1) is 20.6. The smallest absolute Gasteiger partial charge is 0.287 e. The SMILES string of the molecule is Cc1ccoc1C(=O)NC1CCN(CC(=O)Nc2cc3c(cc2Cl)OCCO3)CC1. The van der Waals surface area contributed by atoms with E-state index in [-0.39, 0.29) is 24.4 Å². The molecule has 2 amide bonds. The van der Waals surface area contributed by atoms with E-state index in [4.69, 9.17) is 25.5 Å². The molecule has 9 heteroatoms. The van der Waals surface area contributed by atoms with E-state index in [1.54, 1.807) is 18.2 Å². The number of hydrogen-bond donors (Lipinski definition) is 2. The molecule has 0 bridgehead atoms. The van der Waals surface area contributed by atoms with Gasteiger partial charge in [-0.2, -0.15) is 0 Å². The van der Waals surface area contributed by atoms with Gasteiger partial charge in [-0.3, -0.25) is 14.5 Å². The number of benzene rings is 1. The van der Waals surface area contributed by atoms with Gasteiger partial charge in [0.1, 0.15) is 13.2 Å². The Labute approximate surface area is 179 Å². The molecule has 0 aliphatic carbocycles. The Morgan fingerprint density at radius 1 is 1.17 bits per heavy atom. The van der Waals surface area contributed by atoms with E-state index in [1.807, 2.05) is 6.92 Å². The molecule has 2 N–H and O–H groups in total. The molecule has 2 aliphatic rings. The number of anilines is 1. The molecule has 1 aromatic carbocycles. The van der Waals surface area contributed by atoms with Crippen molar-refractivity contribution in [3.05, 3.63) is 40.8 Å². The molecule has 30 heavy (non-hydrogen) atoms. The van der Waals surface area contributed by atoms with Gasteiger partial charge in [-0.25, -0.2) is 0 Å². The van der Waals surface area contributed by atoms with Crippen LogP contribution >= 0.6 is 11.6 Å². The number of likely N-dealkylation sites (tertiary alicyclic amines) is 1. The Balaban J connectivity index is 1.26. The fraction of sp³-hybridized carbons (Fsp3) is 0.429. The summed E-state index contributed by atoms with van der Waals surface area (Å²) in [7, 11) is 0. The van der Waals surface area contributed by atoms with Crippen LogP contribution in [0.15, 0.2) is 28.9 Å². The molecule has 4 rings (SSSR count). The number of furan rings is 1. The minimum atomic E-state index is -0.193. The van der Waals surface area contributed by atoms with Gasteiger partial charge in [0.05, 0.1) is 23.5 Å². The molecular formula is C21H24ClN3O5. The Hall–Kier alpha value is -2.71. The van der Waals surface area contributed by atoms with Crippen molar-refractivity contribution in [2.24, 2.45) is 0 Å². The molecule has 1 saturated heterocycles. The van der Waals surface area contributed by atoms with Crippen LogP contribution in [0.2, 0.25) is 5.02 Å². The molecule has 1 aromatic heterocycles. The number of carbonyl (C=O) groups excluding carboxylic acids is 2. The van der Waals surface area contributed by atoms with Gasteiger partial charge in [0.2, 0.25) is 5.91 Å². The maximum Gasteiger partial charge on any atom is 0.287 e. The summed E-state index contributed by atoms with van der Waals surface area (Å²) < 4.78 is 16.3. The lowest BCUT2D eigenvalue weighted by Gasteiger charge is -2.31. The summed E-state index contributed by atoms with van der Waals surface area (Å²) >= 11 is 6.26. The Bertz CT molecular complexity index is 937. The minimum Gasteiger partial charge on any atom is -0.486 e. The third kappa shape index (κ3) is 4.71. The van der Waals surface area contributed by atoms with E-state index in [1.165, 1.54) is 6.26 Å². The van der Waals surface area contributed by atoms with Crippen LogP contribution in [0.3, 0.4) is 0 Å². The summed E-state index contributed by atoms with van der Waals surface area (Å²) in [4.78, 5) is 26.8. The molecule has 2 aliphatic heterocycles. The highest BCUT2D eigenvalue weighted by atomic mass is 35.5. The quantitative estimate of drug-likeness (QED) is 0.753. The summed E-state index contributed by atoms with van der Waals surface area (Å²) in [6.45, 7) is 4.46. The number of nitrogens with one attached hydrogen (secondary N) is 2. The maximum atomic E-state index is 12.5. The summed E-state index contributed by atoms with van der Waals surface area (Å²) in [6, 6.07) is 5.17. The molecule has 0 saturated carbocycles. The Kier molecular flexibility index (Phi) is 6.15. The lowest BCUT2D eigenvalue weighted by atomic mass is 10.0. The normalized spacial score (nSPS) is 16.9. The summed E-state index contributed by atoms with van der Waals surface area (Å²) in [6.07, 6.45) is 3.05. The highest BCUT2D eigenvalue weighted by Crippen LogP contribution is 2.37. The van der Waals surface area contributed by atoms with Crippen LogP contribution in [-0.2, 0) is 4.79 Å². The van der Waals surface area contributed by atoms with Crippen LogP contribution in [0, 0.1) is 6.92 Å². The van der Waals surface area contributed by atoms with E-state index in [0.29, 0.717) is 54.3 Å². The van der Waals surface area contributed by atoms with E-state index < -0.39 is 0 Å². The second-order valence-electron chi connectivity index (χ2n) is 7.48. The molecule has 1 fully saturated rings.